The van der Waals surface area contributed by atoms with Crippen LogP contribution in [0.4, 0.5) is 0 Å². The summed E-state index contributed by atoms with van der Waals surface area (Å²) in [6.45, 7) is 4.69. The molecule has 0 aliphatic rings. The summed E-state index contributed by atoms with van der Waals surface area (Å²) in [6, 6.07) is 7.47. The summed E-state index contributed by atoms with van der Waals surface area (Å²) in [5, 5.41) is 11.8. The first-order valence-corrected chi connectivity index (χ1v) is 6.68. The van der Waals surface area contributed by atoms with Crippen LogP contribution in [0.2, 0.25) is 0 Å². The minimum Gasteiger partial charge on any atom is -0.497 e. The van der Waals surface area contributed by atoms with Gasteiger partial charge in [-0.05, 0) is 35.6 Å². The fourth-order valence-electron chi connectivity index (χ4n) is 1.66. The highest BCUT2D eigenvalue weighted by molar-refractivity contribution is 5.91. The summed E-state index contributed by atoms with van der Waals surface area (Å²) in [7, 11) is 1.62. The molecule has 0 bridgehead atoms. The van der Waals surface area contributed by atoms with Gasteiger partial charge in [-0.25, -0.2) is 0 Å². The Bertz CT molecular complexity index is 449. The number of carbonyl (C=O) groups excluding carboxylic acids is 1. The molecule has 0 saturated heterocycles. The Hall–Kier alpha value is -1.81. The summed E-state index contributed by atoms with van der Waals surface area (Å²) in [5.74, 6) is 0.657. The van der Waals surface area contributed by atoms with Gasteiger partial charge in [0.1, 0.15) is 5.75 Å². The van der Waals surface area contributed by atoms with Gasteiger partial charge in [0.25, 0.3) is 0 Å². The molecule has 0 fully saturated rings. The quantitative estimate of drug-likeness (QED) is 0.751. The van der Waals surface area contributed by atoms with Crippen molar-refractivity contribution in [2.24, 2.45) is 5.41 Å². The molecule has 110 valence electrons. The van der Waals surface area contributed by atoms with Crippen LogP contribution < -0.4 is 10.1 Å². The van der Waals surface area contributed by atoms with Crippen LogP contribution in [0.1, 0.15) is 25.8 Å². The Labute approximate surface area is 120 Å². The molecule has 0 atom stereocenters. The average Bonchev–Trinajstić information content (AvgIpc) is 2.43. The van der Waals surface area contributed by atoms with Gasteiger partial charge in [0.05, 0.1) is 7.11 Å². The molecular weight excluding hydrogens is 254 g/mol. The summed E-state index contributed by atoms with van der Waals surface area (Å²) in [6.07, 6.45) is 3.93. The number of amides is 1. The summed E-state index contributed by atoms with van der Waals surface area (Å²) in [5.41, 5.74) is 0.841. The van der Waals surface area contributed by atoms with Crippen LogP contribution in [0.5, 0.6) is 5.75 Å². The van der Waals surface area contributed by atoms with Gasteiger partial charge >= 0.3 is 0 Å². The highest BCUT2D eigenvalue weighted by Crippen LogP contribution is 2.18. The van der Waals surface area contributed by atoms with E-state index in [1.54, 1.807) is 13.2 Å². The SMILES string of the molecule is COc1ccc(/C=C/C(=O)NCC(C)(C)CCO)cc1. The predicted octanol–water partition coefficient (Wildman–Crippen LogP) is 2.23. The van der Waals surface area contributed by atoms with E-state index >= 15 is 0 Å². The molecule has 0 aliphatic carbocycles. The van der Waals surface area contributed by atoms with Crippen LogP contribution in [0.25, 0.3) is 6.08 Å². The van der Waals surface area contributed by atoms with Gasteiger partial charge in [-0.1, -0.05) is 26.0 Å². The van der Waals surface area contributed by atoms with Crippen LogP contribution >= 0.6 is 0 Å². The van der Waals surface area contributed by atoms with E-state index in [4.69, 9.17) is 9.84 Å². The first-order chi connectivity index (χ1) is 9.46. The van der Waals surface area contributed by atoms with Gasteiger partial charge in [-0.2, -0.15) is 0 Å². The average molecular weight is 277 g/mol. The number of rotatable bonds is 7. The van der Waals surface area contributed by atoms with E-state index in [1.165, 1.54) is 6.08 Å². The maximum absolute atomic E-state index is 11.7. The summed E-state index contributed by atoms with van der Waals surface area (Å²) >= 11 is 0. The molecule has 0 heterocycles. The van der Waals surface area contributed by atoms with Crippen LogP contribution in [-0.2, 0) is 4.79 Å². The molecule has 1 aromatic carbocycles. The van der Waals surface area contributed by atoms with E-state index in [2.05, 4.69) is 5.32 Å². The fraction of sp³-hybridized carbons (Fsp3) is 0.438. The molecule has 4 heteroatoms. The maximum Gasteiger partial charge on any atom is 0.244 e. The molecule has 0 aromatic heterocycles. The van der Waals surface area contributed by atoms with Crippen molar-refractivity contribution in [3.8, 4) is 5.75 Å². The van der Waals surface area contributed by atoms with Crippen molar-refractivity contribution in [1.29, 1.82) is 0 Å². The molecule has 1 aromatic rings. The topological polar surface area (TPSA) is 58.6 Å². The van der Waals surface area contributed by atoms with Crippen LogP contribution in [0.3, 0.4) is 0 Å². The van der Waals surface area contributed by atoms with E-state index < -0.39 is 0 Å². The van der Waals surface area contributed by atoms with E-state index in [9.17, 15) is 4.79 Å². The third kappa shape index (κ3) is 5.89. The Morgan fingerprint density at radius 3 is 2.55 bits per heavy atom. The van der Waals surface area contributed by atoms with Gasteiger partial charge in [0.15, 0.2) is 0 Å². The number of aliphatic hydroxyl groups is 1. The first kappa shape index (κ1) is 16.2. The second kappa shape index (κ2) is 7.70. The molecule has 1 amide bonds. The van der Waals surface area contributed by atoms with E-state index in [1.807, 2.05) is 38.1 Å². The number of hydrogen-bond acceptors (Lipinski definition) is 3. The lowest BCUT2D eigenvalue weighted by atomic mass is 9.90. The first-order valence-electron chi connectivity index (χ1n) is 6.68. The van der Waals surface area contributed by atoms with Crippen molar-refractivity contribution in [2.75, 3.05) is 20.3 Å². The second-order valence-corrected chi connectivity index (χ2v) is 5.46. The number of methoxy groups -OCH3 is 1. The lowest BCUT2D eigenvalue weighted by Crippen LogP contribution is -2.33. The normalized spacial score (nSPS) is 11.6. The third-order valence-electron chi connectivity index (χ3n) is 3.07. The van der Waals surface area contributed by atoms with E-state index in [-0.39, 0.29) is 17.9 Å². The molecule has 0 radical (unpaired) electrons. The van der Waals surface area contributed by atoms with Crippen LogP contribution in [-0.4, -0.2) is 31.3 Å². The summed E-state index contributed by atoms with van der Waals surface area (Å²) < 4.78 is 5.07. The van der Waals surface area contributed by atoms with Gasteiger partial charge in [0, 0.05) is 19.2 Å². The number of nitrogens with one attached hydrogen (secondary N) is 1. The molecular formula is C16H23NO3. The minimum absolute atomic E-state index is 0.0988. The largest absolute Gasteiger partial charge is 0.497 e. The number of ether oxygens (including phenoxy) is 1. The fourth-order valence-corrected chi connectivity index (χ4v) is 1.66. The van der Waals surface area contributed by atoms with Crippen molar-refractivity contribution >= 4 is 12.0 Å². The van der Waals surface area contributed by atoms with Crippen molar-refractivity contribution in [3.63, 3.8) is 0 Å². The number of hydrogen-bond donors (Lipinski definition) is 2. The van der Waals surface area contributed by atoms with E-state index in [0.717, 1.165) is 11.3 Å². The lowest BCUT2D eigenvalue weighted by Gasteiger charge is -2.23. The van der Waals surface area contributed by atoms with Gasteiger partial charge in [0.2, 0.25) is 5.91 Å². The van der Waals surface area contributed by atoms with Gasteiger partial charge in [-0.15, -0.1) is 0 Å². The zero-order valence-corrected chi connectivity index (χ0v) is 12.3. The highest BCUT2D eigenvalue weighted by atomic mass is 16.5. The van der Waals surface area contributed by atoms with Crippen molar-refractivity contribution in [2.45, 2.75) is 20.3 Å². The van der Waals surface area contributed by atoms with E-state index in [0.29, 0.717) is 13.0 Å². The number of aliphatic hydroxyl groups excluding tert-OH is 1. The maximum atomic E-state index is 11.7. The highest BCUT2D eigenvalue weighted by Gasteiger charge is 2.17. The van der Waals surface area contributed by atoms with Gasteiger partial charge < -0.3 is 15.2 Å². The third-order valence-corrected chi connectivity index (χ3v) is 3.07. The molecule has 0 spiro atoms. The number of benzene rings is 1. The Morgan fingerprint density at radius 1 is 1.35 bits per heavy atom. The van der Waals surface area contributed by atoms with Crippen LogP contribution in [0.15, 0.2) is 30.3 Å². The second-order valence-electron chi connectivity index (χ2n) is 5.46. The van der Waals surface area contributed by atoms with Crippen molar-refractivity contribution in [1.82, 2.24) is 5.32 Å². The molecule has 20 heavy (non-hydrogen) atoms. The molecule has 4 nitrogen and oxygen atoms in total. The predicted molar refractivity (Wildman–Crippen MR) is 80.5 cm³/mol. The molecule has 1 rings (SSSR count). The Balaban J connectivity index is 2.46. The monoisotopic (exact) mass is 277 g/mol. The number of carbonyl (C=O) groups is 1. The Kier molecular flexibility index (Phi) is 6.25. The smallest absolute Gasteiger partial charge is 0.244 e. The standard InChI is InChI=1S/C16H23NO3/c1-16(2,10-11-18)12-17-15(19)9-6-13-4-7-14(20-3)8-5-13/h4-9,18H,10-12H2,1-3H3,(H,17,19)/b9-6+. The van der Waals surface area contributed by atoms with Crippen molar-refractivity contribution in [3.05, 3.63) is 35.9 Å². The zero-order valence-electron chi connectivity index (χ0n) is 12.3. The van der Waals surface area contributed by atoms with Crippen molar-refractivity contribution < 1.29 is 14.6 Å². The lowest BCUT2D eigenvalue weighted by molar-refractivity contribution is -0.116. The molecule has 2 N–H and O–H groups in total. The molecule has 0 saturated carbocycles. The Morgan fingerprint density at radius 2 is 2.00 bits per heavy atom. The molecule has 0 unspecified atom stereocenters. The van der Waals surface area contributed by atoms with Gasteiger partial charge in [-0.3, -0.25) is 4.79 Å². The minimum atomic E-state index is -0.133. The summed E-state index contributed by atoms with van der Waals surface area (Å²) in [4.78, 5) is 11.7. The van der Waals surface area contributed by atoms with Crippen LogP contribution in [0, 0.1) is 5.41 Å². The molecule has 0 aliphatic heterocycles. The zero-order chi connectivity index (χ0) is 15.0.